The molecular formula is C55H109NO4. The quantitative estimate of drug-likeness (QED) is 0.0363. The normalized spacial score (nSPS) is 13.3. The van der Waals surface area contributed by atoms with E-state index in [-0.39, 0.29) is 18.9 Å². The lowest BCUT2D eigenvalue weighted by Gasteiger charge is -2.23. The Bertz CT molecular complexity index is 848. The van der Waals surface area contributed by atoms with E-state index in [0.29, 0.717) is 12.8 Å². The van der Waals surface area contributed by atoms with Gasteiger partial charge in [0.15, 0.2) is 0 Å². The van der Waals surface area contributed by atoms with Gasteiger partial charge < -0.3 is 20.6 Å². The number of aliphatic hydroxyl groups excluding tert-OH is 3. The van der Waals surface area contributed by atoms with Crippen molar-refractivity contribution in [3.8, 4) is 0 Å². The zero-order chi connectivity index (χ0) is 43.7. The lowest BCUT2D eigenvalue weighted by Crippen LogP contribution is -2.46. The van der Waals surface area contributed by atoms with Gasteiger partial charge in [-0.2, -0.15) is 0 Å². The SMILES string of the molecule is CCCCCCCCCCCCCC/C=C\CCCCCCCC(O)CC(=O)NC(CO)C(O)CCCCCCCCCCCCCCCCCCCCCCCCCC. The van der Waals surface area contributed by atoms with Crippen LogP contribution in [-0.4, -0.2) is 46.1 Å². The van der Waals surface area contributed by atoms with Crippen molar-refractivity contribution in [3.63, 3.8) is 0 Å². The molecule has 0 fully saturated rings. The van der Waals surface area contributed by atoms with Crippen LogP contribution in [0.25, 0.3) is 0 Å². The van der Waals surface area contributed by atoms with Crippen LogP contribution in [0.1, 0.15) is 309 Å². The molecule has 358 valence electrons. The zero-order valence-corrected chi connectivity index (χ0v) is 40.9. The molecule has 0 spiro atoms. The topological polar surface area (TPSA) is 89.8 Å². The Balaban J connectivity index is 3.53. The first kappa shape index (κ1) is 59.1. The maximum Gasteiger partial charge on any atom is 0.222 e. The molecule has 5 nitrogen and oxygen atoms in total. The first-order chi connectivity index (χ1) is 29.5. The number of hydrogen-bond acceptors (Lipinski definition) is 4. The fourth-order valence-corrected chi connectivity index (χ4v) is 8.87. The maximum absolute atomic E-state index is 12.5. The number of carbonyl (C=O) groups is 1. The number of carbonyl (C=O) groups excluding carboxylic acids is 1. The van der Waals surface area contributed by atoms with Gasteiger partial charge in [0.05, 0.1) is 31.3 Å². The third-order valence-corrected chi connectivity index (χ3v) is 13.1. The third kappa shape index (κ3) is 46.6. The van der Waals surface area contributed by atoms with Crippen molar-refractivity contribution in [3.05, 3.63) is 12.2 Å². The molecule has 0 aromatic heterocycles. The molecule has 3 atom stereocenters. The Kier molecular flexibility index (Phi) is 50.0. The fourth-order valence-electron chi connectivity index (χ4n) is 8.87. The molecule has 0 aliphatic carbocycles. The largest absolute Gasteiger partial charge is 0.394 e. The molecule has 3 unspecified atom stereocenters. The van der Waals surface area contributed by atoms with Crippen LogP contribution in [-0.2, 0) is 4.79 Å². The Hall–Kier alpha value is -0.910. The first-order valence-corrected chi connectivity index (χ1v) is 27.5. The summed E-state index contributed by atoms with van der Waals surface area (Å²) in [4.78, 5) is 12.5. The number of nitrogens with one attached hydrogen (secondary N) is 1. The van der Waals surface area contributed by atoms with Gasteiger partial charge in [-0.3, -0.25) is 4.79 Å². The summed E-state index contributed by atoms with van der Waals surface area (Å²) in [7, 11) is 0. The second-order valence-electron chi connectivity index (χ2n) is 19.2. The second-order valence-corrected chi connectivity index (χ2v) is 19.2. The molecule has 0 heterocycles. The molecule has 0 aromatic rings. The van der Waals surface area contributed by atoms with Crippen LogP contribution in [0, 0.1) is 0 Å². The van der Waals surface area contributed by atoms with Crippen molar-refractivity contribution in [1.82, 2.24) is 5.32 Å². The van der Waals surface area contributed by atoms with Crippen LogP contribution in [0.4, 0.5) is 0 Å². The van der Waals surface area contributed by atoms with Crippen molar-refractivity contribution in [2.24, 2.45) is 0 Å². The average molecular weight is 848 g/mol. The smallest absolute Gasteiger partial charge is 0.222 e. The standard InChI is InChI=1S/C55H109NO4/c1-3-5-7-9-11-13-15-17-19-21-23-25-26-27-29-31-33-35-37-39-41-43-45-47-49-54(59)53(51-57)56-55(60)50-52(58)48-46-44-42-40-38-36-34-32-30-28-24-22-20-18-16-14-12-10-8-6-4-2/h32,34,52-54,57-59H,3-31,33,35-51H2,1-2H3,(H,56,60)/b34-32-. The van der Waals surface area contributed by atoms with E-state index in [1.165, 1.54) is 250 Å². The molecule has 0 aromatic carbocycles. The van der Waals surface area contributed by atoms with E-state index in [0.717, 1.165) is 25.7 Å². The molecule has 60 heavy (non-hydrogen) atoms. The summed E-state index contributed by atoms with van der Waals surface area (Å²) in [6, 6.07) is -0.659. The first-order valence-electron chi connectivity index (χ1n) is 27.5. The zero-order valence-electron chi connectivity index (χ0n) is 40.9. The average Bonchev–Trinajstić information content (AvgIpc) is 3.24. The molecule has 0 saturated carbocycles. The molecule has 0 rings (SSSR count). The summed E-state index contributed by atoms with van der Waals surface area (Å²) in [5.41, 5.74) is 0. The van der Waals surface area contributed by atoms with Crippen LogP contribution in [0.3, 0.4) is 0 Å². The lowest BCUT2D eigenvalue weighted by atomic mass is 10.0. The highest BCUT2D eigenvalue weighted by atomic mass is 16.3. The molecule has 0 aliphatic rings. The number of amides is 1. The summed E-state index contributed by atoms with van der Waals surface area (Å²) in [6.45, 7) is 4.30. The molecule has 0 saturated heterocycles. The second kappa shape index (κ2) is 50.7. The van der Waals surface area contributed by atoms with Crippen LogP contribution in [0.2, 0.25) is 0 Å². The van der Waals surface area contributed by atoms with Crippen molar-refractivity contribution >= 4 is 5.91 Å². The van der Waals surface area contributed by atoms with Gasteiger partial charge in [0.2, 0.25) is 5.91 Å². The minimum atomic E-state index is -0.750. The molecule has 0 bridgehead atoms. The Morgan fingerprint density at radius 1 is 0.400 bits per heavy atom. The highest BCUT2D eigenvalue weighted by molar-refractivity contribution is 5.76. The van der Waals surface area contributed by atoms with Crippen molar-refractivity contribution in [2.75, 3.05) is 6.61 Å². The minimum absolute atomic E-state index is 0.0344. The van der Waals surface area contributed by atoms with Crippen molar-refractivity contribution in [2.45, 2.75) is 327 Å². The van der Waals surface area contributed by atoms with Gasteiger partial charge in [-0.1, -0.05) is 276 Å². The highest BCUT2D eigenvalue weighted by Gasteiger charge is 2.21. The number of rotatable bonds is 51. The predicted octanol–water partition coefficient (Wildman–Crippen LogP) is 16.7. The summed E-state index contributed by atoms with van der Waals surface area (Å²) < 4.78 is 0. The molecule has 4 N–H and O–H groups in total. The van der Waals surface area contributed by atoms with Crippen LogP contribution < -0.4 is 5.32 Å². The van der Waals surface area contributed by atoms with Gasteiger partial charge in [0.25, 0.3) is 0 Å². The number of unbranched alkanes of at least 4 members (excludes halogenated alkanes) is 40. The van der Waals surface area contributed by atoms with Gasteiger partial charge in [-0.15, -0.1) is 0 Å². The molecule has 0 aliphatic heterocycles. The van der Waals surface area contributed by atoms with Gasteiger partial charge in [-0.25, -0.2) is 0 Å². The number of hydrogen-bond donors (Lipinski definition) is 4. The highest BCUT2D eigenvalue weighted by Crippen LogP contribution is 2.18. The van der Waals surface area contributed by atoms with Crippen molar-refractivity contribution < 1.29 is 20.1 Å². The minimum Gasteiger partial charge on any atom is -0.394 e. The fraction of sp³-hybridized carbons (Fsp3) is 0.945. The molecular weight excluding hydrogens is 739 g/mol. The van der Waals surface area contributed by atoms with E-state index in [2.05, 4.69) is 31.3 Å². The van der Waals surface area contributed by atoms with Crippen molar-refractivity contribution in [1.29, 1.82) is 0 Å². The Morgan fingerprint density at radius 3 is 0.967 bits per heavy atom. The predicted molar refractivity (Wildman–Crippen MR) is 264 cm³/mol. The van der Waals surface area contributed by atoms with E-state index < -0.39 is 18.2 Å². The summed E-state index contributed by atoms with van der Waals surface area (Å²) in [5.74, 6) is -0.282. The third-order valence-electron chi connectivity index (χ3n) is 13.1. The molecule has 0 radical (unpaired) electrons. The molecule has 5 heteroatoms. The van der Waals surface area contributed by atoms with Gasteiger partial charge in [0.1, 0.15) is 0 Å². The Labute approximate surface area is 376 Å². The maximum atomic E-state index is 12.5. The summed E-state index contributed by atoms with van der Waals surface area (Å²) >= 11 is 0. The van der Waals surface area contributed by atoms with E-state index in [1.54, 1.807) is 0 Å². The monoisotopic (exact) mass is 848 g/mol. The molecule has 1 amide bonds. The van der Waals surface area contributed by atoms with Crippen LogP contribution in [0.5, 0.6) is 0 Å². The van der Waals surface area contributed by atoms with E-state index in [1.807, 2.05) is 0 Å². The van der Waals surface area contributed by atoms with Crippen LogP contribution in [0.15, 0.2) is 12.2 Å². The van der Waals surface area contributed by atoms with E-state index >= 15 is 0 Å². The Morgan fingerprint density at radius 2 is 0.667 bits per heavy atom. The van der Waals surface area contributed by atoms with Gasteiger partial charge >= 0.3 is 0 Å². The summed E-state index contributed by atoms with van der Waals surface area (Å²) in [6.07, 6.45) is 62.2. The van der Waals surface area contributed by atoms with E-state index in [9.17, 15) is 20.1 Å². The van der Waals surface area contributed by atoms with Gasteiger partial charge in [-0.05, 0) is 38.5 Å². The van der Waals surface area contributed by atoms with E-state index in [4.69, 9.17) is 0 Å². The number of aliphatic hydroxyl groups is 3. The van der Waals surface area contributed by atoms with Gasteiger partial charge in [0, 0.05) is 0 Å². The van der Waals surface area contributed by atoms with Crippen LogP contribution >= 0.6 is 0 Å². The number of allylic oxidation sites excluding steroid dienone is 2. The summed E-state index contributed by atoms with van der Waals surface area (Å²) in [5, 5.41) is 33.6. The lowest BCUT2D eigenvalue weighted by molar-refractivity contribution is -0.125.